The molecule has 0 fully saturated rings. The maximum Gasteiger partial charge on any atom is 0.272 e. The van der Waals surface area contributed by atoms with Crippen molar-refractivity contribution < 1.29 is 4.39 Å². The largest absolute Gasteiger partial charge is 0.343 e. The number of fused-ring (bicyclic) bond motifs is 1. The maximum atomic E-state index is 13.5. The molecule has 0 amide bonds. The van der Waals surface area contributed by atoms with Crippen LogP contribution in [0, 0.1) is 17.1 Å². The van der Waals surface area contributed by atoms with Gasteiger partial charge in [-0.1, -0.05) is 18.2 Å². The number of benzene rings is 1. The summed E-state index contributed by atoms with van der Waals surface area (Å²) >= 11 is 0. The average molecular weight is 346 g/mol. The Labute approximate surface area is 148 Å². The molecule has 3 aromatic rings. The fourth-order valence-corrected chi connectivity index (χ4v) is 3.08. The summed E-state index contributed by atoms with van der Waals surface area (Å²) in [5.41, 5.74) is 2.95. The third kappa shape index (κ3) is 2.80. The van der Waals surface area contributed by atoms with Crippen molar-refractivity contribution in [3.63, 3.8) is 0 Å². The van der Waals surface area contributed by atoms with Gasteiger partial charge in [-0.3, -0.25) is 4.79 Å². The highest BCUT2D eigenvalue weighted by molar-refractivity contribution is 5.63. The van der Waals surface area contributed by atoms with Crippen LogP contribution >= 0.6 is 0 Å². The topological polar surface area (TPSA) is 64.3 Å². The predicted octanol–water partition coefficient (Wildman–Crippen LogP) is 3.12. The van der Waals surface area contributed by atoms with Crippen LogP contribution in [0.3, 0.4) is 0 Å². The minimum Gasteiger partial charge on any atom is -0.343 e. The van der Waals surface area contributed by atoms with Gasteiger partial charge < -0.3 is 14.3 Å². The lowest BCUT2D eigenvalue weighted by atomic mass is 10.1. The molecule has 2 aromatic heterocycles. The standard InChI is InChI=1S/C20H15FN4O/c21-18-5-4-14(8-15(18)11-22)9-16-12-23-20(26)19-10-17(13-25(16)19)24-6-2-1-3-7-24/h1-6,8,10,12-13H,7,9H2,(H,23,26). The lowest BCUT2D eigenvalue weighted by molar-refractivity contribution is 0.623. The van der Waals surface area contributed by atoms with Crippen LogP contribution in [-0.2, 0) is 6.42 Å². The van der Waals surface area contributed by atoms with E-state index in [1.165, 1.54) is 12.1 Å². The molecule has 0 saturated carbocycles. The number of nitriles is 1. The van der Waals surface area contributed by atoms with Crippen molar-refractivity contribution in [3.8, 4) is 6.07 Å². The molecule has 3 heterocycles. The Morgan fingerprint density at radius 2 is 2.15 bits per heavy atom. The summed E-state index contributed by atoms with van der Waals surface area (Å²) in [6.45, 7) is 0.740. The van der Waals surface area contributed by atoms with E-state index in [9.17, 15) is 9.18 Å². The number of rotatable bonds is 3. The van der Waals surface area contributed by atoms with Crippen LogP contribution in [0.25, 0.3) is 5.52 Å². The van der Waals surface area contributed by atoms with Gasteiger partial charge in [-0.2, -0.15) is 5.26 Å². The molecule has 0 unspecified atom stereocenters. The number of anilines is 1. The average Bonchev–Trinajstić information content (AvgIpc) is 3.13. The SMILES string of the molecule is N#Cc1cc(Cc2c[nH]c(=O)c3cc(N4C=CC=CC4)cn23)ccc1F. The molecule has 0 bridgehead atoms. The zero-order valence-electron chi connectivity index (χ0n) is 13.8. The van der Waals surface area contributed by atoms with Crippen LogP contribution in [0.1, 0.15) is 16.8 Å². The van der Waals surface area contributed by atoms with Crippen LogP contribution in [-0.4, -0.2) is 15.9 Å². The van der Waals surface area contributed by atoms with Crippen molar-refractivity contribution in [1.29, 1.82) is 5.26 Å². The van der Waals surface area contributed by atoms with E-state index in [4.69, 9.17) is 5.26 Å². The molecule has 1 aromatic carbocycles. The minimum absolute atomic E-state index is 0.0154. The second-order valence-corrected chi connectivity index (χ2v) is 6.09. The fraction of sp³-hybridized carbons (Fsp3) is 0.100. The Morgan fingerprint density at radius 1 is 1.27 bits per heavy atom. The van der Waals surface area contributed by atoms with E-state index in [-0.39, 0.29) is 11.1 Å². The van der Waals surface area contributed by atoms with Gasteiger partial charge in [0, 0.05) is 37.3 Å². The van der Waals surface area contributed by atoms with Gasteiger partial charge in [0.05, 0.1) is 11.3 Å². The summed E-state index contributed by atoms with van der Waals surface area (Å²) in [6, 6.07) is 8.18. The zero-order chi connectivity index (χ0) is 18.1. The summed E-state index contributed by atoms with van der Waals surface area (Å²) in [5.74, 6) is -0.531. The molecule has 0 spiro atoms. The lowest BCUT2D eigenvalue weighted by Crippen LogP contribution is -2.16. The molecular formula is C20H15FN4O. The van der Waals surface area contributed by atoms with E-state index < -0.39 is 5.82 Å². The number of H-pyrrole nitrogens is 1. The van der Waals surface area contributed by atoms with E-state index in [1.54, 1.807) is 12.3 Å². The van der Waals surface area contributed by atoms with Crippen molar-refractivity contribution >= 4 is 11.2 Å². The van der Waals surface area contributed by atoms with Crippen molar-refractivity contribution in [3.05, 3.63) is 94.1 Å². The first-order chi connectivity index (χ1) is 12.7. The summed E-state index contributed by atoms with van der Waals surface area (Å²) in [6.07, 6.45) is 12.0. The number of nitrogens with zero attached hydrogens (tertiary/aromatic N) is 3. The van der Waals surface area contributed by atoms with Gasteiger partial charge in [0.15, 0.2) is 0 Å². The summed E-state index contributed by atoms with van der Waals surface area (Å²) < 4.78 is 15.4. The second-order valence-electron chi connectivity index (χ2n) is 6.09. The van der Waals surface area contributed by atoms with E-state index >= 15 is 0 Å². The summed E-state index contributed by atoms with van der Waals surface area (Å²) in [4.78, 5) is 17.0. The van der Waals surface area contributed by atoms with Crippen molar-refractivity contribution in [2.75, 3.05) is 11.4 Å². The van der Waals surface area contributed by atoms with E-state index in [0.717, 1.165) is 23.5 Å². The van der Waals surface area contributed by atoms with Crippen LogP contribution in [0.4, 0.5) is 10.1 Å². The molecule has 0 saturated heterocycles. The molecule has 6 heteroatoms. The molecule has 0 aliphatic carbocycles. The first-order valence-electron chi connectivity index (χ1n) is 8.17. The number of nitrogens with one attached hydrogen (secondary N) is 1. The molecule has 128 valence electrons. The van der Waals surface area contributed by atoms with E-state index in [0.29, 0.717) is 11.9 Å². The molecule has 0 atom stereocenters. The van der Waals surface area contributed by atoms with Crippen molar-refractivity contribution in [2.45, 2.75) is 6.42 Å². The van der Waals surface area contributed by atoms with Gasteiger partial charge in [-0.05, 0) is 29.8 Å². The number of hydrogen-bond acceptors (Lipinski definition) is 3. The molecule has 1 aliphatic heterocycles. The molecule has 4 rings (SSSR count). The highest BCUT2D eigenvalue weighted by atomic mass is 19.1. The monoisotopic (exact) mass is 346 g/mol. The number of aromatic nitrogens is 2. The lowest BCUT2D eigenvalue weighted by Gasteiger charge is -2.18. The Hall–Kier alpha value is -3.59. The van der Waals surface area contributed by atoms with Gasteiger partial charge in [-0.15, -0.1) is 0 Å². The van der Waals surface area contributed by atoms with Gasteiger partial charge in [0.1, 0.15) is 17.4 Å². The molecule has 1 N–H and O–H groups in total. The normalized spacial score (nSPS) is 13.3. The van der Waals surface area contributed by atoms with Crippen LogP contribution in [0.2, 0.25) is 0 Å². The second kappa shape index (κ2) is 6.37. The summed E-state index contributed by atoms with van der Waals surface area (Å²) in [7, 11) is 0. The van der Waals surface area contributed by atoms with Gasteiger partial charge in [0.2, 0.25) is 0 Å². The summed E-state index contributed by atoms with van der Waals surface area (Å²) in [5, 5.41) is 9.00. The van der Waals surface area contributed by atoms with Gasteiger partial charge in [-0.25, -0.2) is 4.39 Å². The molecule has 1 aliphatic rings. The number of hydrogen-bond donors (Lipinski definition) is 1. The van der Waals surface area contributed by atoms with E-state index in [1.807, 2.05) is 52.1 Å². The van der Waals surface area contributed by atoms with Crippen LogP contribution < -0.4 is 10.5 Å². The number of allylic oxidation sites excluding steroid dienone is 2. The third-order valence-corrected chi connectivity index (χ3v) is 4.40. The molecular weight excluding hydrogens is 331 g/mol. The van der Waals surface area contributed by atoms with Gasteiger partial charge in [0.25, 0.3) is 5.56 Å². The van der Waals surface area contributed by atoms with Crippen molar-refractivity contribution in [1.82, 2.24) is 9.38 Å². The van der Waals surface area contributed by atoms with Gasteiger partial charge >= 0.3 is 0 Å². The predicted molar refractivity (Wildman–Crippen MR) is 97.6 cm³/mol. The van der Waals surface area contributed by atoms with Crippen LogP contribution in [0.5, 0.6) is 0 Å². The third-order valence-electron chi connectivity index (χ3n) is 4.40. The first-order valence-corrected chi connectivity index (χ1v) is 8.17. The number of aromatic amines is 1. The Morgan fingerprint density at radius 3 is 2.92 bits per heavy atom. The smallest absolute Gasteiger partial charge is 0.272 e. The highest BCUT2D eigenvalue weighted by Gasteiger charge is 2.12. The maximum absolute atomic E-state index is 13.5. The minimum atomic E-state index is -0.531. The fourth-order valence-electron chi connectivity index (χ4n) is 3.08. The molecule has 0 radical (unpaired) electrons. The highest BCUT2D eigenvalue weighted by Crippen LogP contribution is 2.22. The quantitative estimate of drug-likeness (QED) is 0.792. The number of halogens is 1. The van der Waals surface area contributed by atoms with Crippen LogP contribution in [0.15, 0.2) is 65.9 Å². The molecule has 26 heavy (non-hydrogen) atoms. The zero-order valence-corrected chi connectivity index (χ0v) is 13.8. The Kier molecular flexibility index (Phi) is 3.90. The Bertz CT molecular complexity index is 1150. The van der Waals surface area contributed by atoms with E-state index in [2.05, 4.69) is 4.98 Å². The molecule has 5 nitrogen and oxygen atoms in total. The van der Waals surface area contributed by atoms with Crippen molar-refractivity contribution in [2.24, 2.45) is 0 Å². The Balaban J connectivity index is 1.76. The first kappa shape index (κ1) is 15.9.